The van der Waals surface area contributed by atoms with E-state index in [-0.39, 0.29) is 11.8 Å². The summed E-state index contributed by atoms with van der Waals surface area (Å²) in [6, 6.07) is 9.21. The highest BCUT2D eigenvalue weighted by molar-refractivity contribution is 5.87. The van der Waals surface area contributed by atoms with Crippen molar-refractivity contribution in [1.29, 1.82) is 0 Å². The Morgan fingerprint density at radius 1 is 1.33 bits per heavy atom. The summed E-state index contributed by atoms with van der Waals surface area (Å²) in [4.78, 5) is 13.2. The van der Waals surface area contributed by atoms with Crippen molar-refractivity contribution in [2.24, 2.45) is 7.05 Å². The van der Waals surface area contributed by atoms with E-state index < -0.39 is 5.97 Å². The maximum atomic E-state index is 11.0. The molecule has 1 aromatic heterocycles. The number of rotatable bonds is 4. The first-order chi connectivity index (χ1) is 10.0. The van der Waals surface area contributed by atoms with Gasteiger partial charge in [-0.15, -0.1) is 0 Å². The lowest BCUT2D eigenvalue weighted by Gasteiger charge is -2.36. The third kappa shape index (κ3) is 2.62. The zero-order valence-electron chi connectivity index (χ0n) is 12.0. The molecule has 1 aromatic carbocycles. The number of aromatic nitrogens is 2. The number of aryl methyl sites for hydroxylation is 1. The predicted octanol–water partition coefficient (Wildman–Crippen LogP) is 1.48. The van der Waals surface area contributed by atoms with Gasteiger partial charge in [0.25, 0.3) is 0 Å². The number of nitrogens with zero attached hydrogens (tertiary/aromatic N) is 3. The molecule has 0 amide bonds. The molecule has 1 aliphatic heterocycles. The molecule has 0 atom stereocenters. The summed E-state index contributed by atoms with van der Waals surface area (Å²) in [7, 11) is 3.78. The fourth-order valence-electron chi connectivity index (χ4n) is 2.50. The number of carbonyl (C=O) groups is 1. The van der Waals surface area contributed by atoms with E-state index in [1.807, 2.05) is 31.3 Å². The van der Waals surface area contributed by atoms with Gasteiger partial charge in [0, 0.05) is 25.7 Å². The Kier molecular flexibility index (Phi) is 3.39. The van der Waals surface area contributed by atoms with E-state index in [9.17, 15) is 4.79 Å². The van der Waals surface area contributed by atoms with Gasteiger partial charge >= 0.3 is 5.97 Å². The summed E-state index contributed by atoms with van der Waals surface area (Å²) < 4.78 is 7.57. The zero-order valence-corrected chi connectivity index (χ0v) is 12.0. The fraction of sp³-hybridized carbons (Fsp3) is 0.333. The van der Waals surface area contributed by atoms with Crippen LogP contribution in [0, 0.1) is 0 Å². The molecule has 0 spiro atoms. The fourth-order valence-corrected chi connectivity index (χ4v) is 2.50. The number of carboxylic acid groups (broad SMARTS) is 1. The minimum Gasteiger partial charge on any atom is -0.487 e. The van der Waals surface area contributed by atoms with Crippen LogP contribution in [0.3, 0.4) is 0 Å². The minimum atomic E-state index is -1.03. The van der Waals surface area contributed by atoms with E-state index in [0.29, 0.717) is 0 Å². The second kappa shape index (κ2) is 5.21. The van der Waals surface area contributed by atoms with Crippen molar-refractivity contribution in [3.05, 3.63) is 36.0 Å². The normalized spacial score (nSPS) is 15.7. The molecule has 6 nitrogen and oxygen atoms in total. The number of carboxylic acids is 1. The molecular weight excluding hydrogens is 270 g/mol. The summed E-state index contributed by atoms with van der Waals surface area (Å²) in [6.07, 6.45) is 0.184. The topological polar surface area (TPSA) is 67.6 Å². The number of para-hydroxylation sites is 1. The lowest BCUT2D eigenvalue weighted by Crippen LogP contribution is -2.51. The maximum absolute atomic E-state index is 11.0. The van der Waals surface area contributed by atoms with Crippen LogP contribution in [0.15, 0.2) is 30.3 Å². The molecular formula is C15H17N3O3. The molecule has 1 aliphatic rings. The smallest absolute Gasteiger partial charge is 0.356 e. The summed E-state index contributed by atoms with van der Waals surface area (Å²) in [5.74, 6) is -0.272. The Morgan fingerprint density at radius 2 is 2.05 bits per heavy atom. The Morgan fingerprint density at radius 3 is 2.67 bits per heavy atom. The Balaban J connectivity index is 1.93. The number of aromatic carboxylic acids is 1. The number of likely N-dealkylation sites (tertiary alicyclic amines) is 1. The third-order valence-corrected chi connectivity index (χ3v) is 3.59. The first-order valence-electron chi connectivity index (χ1n) is 6.76. The Labute approximate surface area is 122 Å². The lowest BCUT2D eigenvalue weighted by atomic mass is 10.1. The van der Waals surface area contributed by atoms with Gasteiger partial charge < -0.3 is 9.84 Å². The molecule has 6 heteroatoms. The molecule has 0 saturated carbocycles. The molecule has 21 heavy (non-hydrogen) atoms. The van der Waals surface area contributed by atoms with Gasteiger partial charge in [0.2, 0.25) is 0 Å². The highest BCUT2D eigenvalue weighted by atomic mass is 16.5. The molecule has 3 rings (SSSR count). The number of benzene rings is 1. The molecule has 1 fully saturated rings. The molecule has 0 bridgehead atoms. The number of hydrogen-bond acceptors (Lipinski definition) is 4. The van der Waals surface area contributed by atoms with Gasteiger partial charge in [-0.3, -0.25) is 9.58 Å². The van der Waals surface area contributed by atoms with E-state index in [4.69, 9.17) is 9.84 Å². The van der Waals surface area contributed by atoms with Crippen LogP contribution in [0.1, 0.15) is 10.5 Å². The zero-order chi connectivity index (χ0) is 15.0. The van der Waals surface area contributed by atoms with Gasteiger partial charge in [0.15, 0.2) is 5.69 Å². The van der Waals surface area contributed by atoms with Crippen molar-refractivity contribution in [1.82, 2.24) is 14.7 Å². The third-order valence-electron chi connectivity index (χ3n) is 3.59. The quantitative estimate of drug-likeness (QED) is 0.922. The van der Waals surface area contributed by atoms with Gasteiger partial charge in [0.1, 0.15) is 11.9 Å². The first kappa shape index (κ1) is 13.6. The van der Waals surface area contributed by atoms with Crippen molar-refractivity contribution in [3.8, 4) is 17.0 Å². The molecule has 2 aromatic rings. The van der Waals surface area contributed by atoms with Crippen LogP contribution in [0.2, 0.25) is 0 Å². The summed E-state index contributed by atoms with van der Waals surface area (Å²) >= 11 is 0. The van der Waals surface area contributed by atoms with Crippen molar-refractivity contribution in [2.45, 2.75) is 6.10 Å². The molecule has 0 aliphatic carbocycles. The van der Waals surface area contributed by atoms with E-state index >= 15 is 0 Å². The molecule has 2 heterocycles. The Bertz CT molecular complexity index is 675. The average Bonchev–Trinajstić information content (AvgIpc) is 2.80. The second-order valence-corrected chi connectivity index (χ2v) is 5.30. The van der Waals surface area contributed by atoms with Gasteiger partial charge in [-0.2, -0.15) is 5.10 Å². The average molecular weight is 287 g/mol. The second-order valence-electron chi connectivity index (χ2n) is 5.30. The van der Waals surface area contributed by atoms with Crippen molar-refractivity contribution >= 4 is 5.97 Å². The van der Waals surface area contributed by atoms with Crippen LogP contribution in [-0.2, 0) is 7.05 Å². The van der Waals surface area contributed by atoms with E-state index in [1.165, 1.54) is 0 Å². The van der Waals surface area contributed by atoms with E-state index in [2.05, 4.69) is 10.00 Å². The molecule has 1 N–H and O–H groups in total. The van der Waals surface area contributed by atoms with Crippen LogP contribution in [0.4, 0.5) is 0 Å². The lowest BCUT2D eigenvalue weighted by molar-refractivity contribution is 0.0392. The van der Waals surface area contributed by atoms with Crippen LogP contribution in [0.25, 0.3) is 11.3 Å². The van der Waals surface area contributed by atoms with E-state index in [0.717, 1.165) is 30.1 Å². The standard InChI is InChI=1S/C15H17N3O3/c1-17-8-10(9-17)21-14-6-4-3-5-11(14)13-7-12(15(19)20)16-18(13)2/h3-7,10H,8-9H2,1-2H3,(H,19,20). The highest BCUT2D eigenvalue weighted by Crippen LogP contribution is 2.31. The summed E-state index contributed by atoms with van der Waals surface area (Å²) in [5.41, 5.74) is 1.62. The van der Waals surface area contributed by atoms with Crippen molar-refractivity contribution in [2.75, 3.05) is 20.1 Å². The molecule has 1 saturated heterocycles. The van der Waals surface area contributed by atoms with Gasteiger partial charge in [0.05, 0.1) is 5.69 Å². The monoisotopic (exact) mass is 287 g/mol. The molecule has 110 valence electrons. The van der Waals surface area contributed by atoms with E-state index in [1.54, 1.807) is 17.8 Å². The van der Waals surface area contributed by atoms with Crippen LogP contribution in [0.5, 0.6) is 5.75 Å². The molecule has 0 unspecified atom stereocenters. The predicted molar refractivity (Wildman–Crippen MR) is 77.5 cm³/mol. The van der Waals surface area contributed by atoms with Crippen LogP contribution in [-0.4, -0.2) is 52.0 Å². The largest absolute Gasteiger partial charge is 0.487 e. The number of hydrogen-bond donors (Lipinski definition) is 1. The minimum absolute atomic E-state index is 0.0330. The maximum Gasteiger partial charge on any atom is 0.356 e. The highest BCUT2D eigenvalue weighted by Gasteiger charge is 2.26. The Hall–Kier alpha value is -2.34. The van der Waals surface area contributed by atoms with Crippen molar-refractivity contribution in [3.63, 3.8) is 0 Å². The number of ether oxygens (including phenoxy) is 1. The van der Waals surface area contributed by atoms with Gasteiger partial charge in [-0.1, -0.05) is 12.1 Å². The van der Waals surface area contributed by atoms with Crippen LogP contribution >= 0.6 is 0 Å². The SMILES string of the molecule is CN1CC(Oc2ccccc2-c2cc(C(=O)O)nn2C)C1. The van der Waals surface area contributed by atoms with Gasteiger partial charge in [-0.05, 0) is 25.2 Å². The summed E-state index contributed by atoms with van der Waals surface area (Å²) in [5, 5.41) is 13.1. The van der Waals surface area contributed by atoms with Crippen LogP contribution < -0.4 is 4.74 Å². The molecule has 0 radical (unpaired) electrons. The summed E-state index contributed by atoms with van der Waals surface area (Å²) in [6.45, 7) is 1.81. The number of likely N-dealkylation sites (N-methyl/N-ethyl adjacent to an activating group) is 1. The first-order valence-corrected chi connectivity index (χ1v) is 6.76. The van der Waals surface area contributed by atoms with Crippen molar-refractivity contribution < 1.29 is 14.6 Å². The van der Waals surface area contributed by atoms with Gasteiger partial charge in [-0.25, -0.2) is 4.79 Å².